The van der Waals surface area contributed by atoms with Crippen LogP contribution >= 0.6 is 0 Å². The van der Waals surface area contributed by atoms with E-state index in [-0.39, 0.29) is 5.91 Å². The number of pyridine rings is 1. The molecule has 3 rings (SSSR count). The van der Waals surface area contributed by atoms with Crippen LogP contribution in [0.25, 0.3) is 5.69 Å². The molecule has 0 aliphatic rings. The predicted octanol–water partition coefficient (Wildman–Crippen LogP) is 3.03. The molecule has 6 heteroatoms. The third-order valence-corrected chi connectivity index (χ3v) is 3.49. The summed E-state index contributed by atoms with van der Waals surface area (Å²) in [6.45, 7) is 2.59. The molecule has 2 aromatic heterocycles. The first-order chi connectivity index (χ1) is 12.3. The zero-order chi connectivity index (χ0) is 17.5. The lowest BCUT2D eigenvalue weighted by atomic mass is 10.3. The van der Waals surface area contributed by atoms with Gasteiger partial charge in [0.05, 0.1) is 24.1 Å². The number of carbonyl (C=O) groups excluding carboxylic acids is 1. The molecule has 0 spiro atoms. The number of benzene rings is 1. The van der Waals surface area contributed by atoms with Crippen molar-refractivity contribution in [2.75, 3.05) is 6.61 Å². The molecular formula is C19H18N4O2. The summed E-state index contributed by atoms with van der Waals surface area (Å²) in [6.07, 6.45) is 6.64. The molecule has 0 radical (unpaired) electrons. The van der Waals surface area contributed by atoms with E-state index < -0.39 is 0 Å². The minimum absolute atomic E-state index is 0.302. The van der Waals surface area contributed by atoms with Crippen molar-refractivity contribution in [3.8, 4) is 11.4 Å². The van der Waals surface area contributed by atoms with Crippen molar-refractivity contribution >= 4 is 12.1 Å². The number of hydrazone groups is 1. The molecule has 25 heavy (non-hydrogen) atoms. The average molecular weight is 334 g/mol. The van der Waals surface area contributed by atoms with Crippen LogP contribution in [0.2, 0.25) is 0 Å². The lowest BCUT2D eigenvalue weighted by molar-refractivity contribution is 0.0955. The van der Waals surface area contributed by atoms with Gasteiger partial charge in [0.15, 0.2) is 0 Å². The zero-order valence-corrected chi connectivity index (χ0v) is 13.8. The van der Waals surface area contributed by atoms with Crippen LogP contribution in [0.15, 0.2) is 72.2 Å². The largest absolute Gasteiger partial charge is 0.494 e. The van der Waals surface area contributed by atoms with Gasteiger partial charge >= 0.3 is 0 Å². The number of amides is 1. The van der Waals surface area contributed by atoms with Crippen LogP contribution in [0.4, 0.5) is 0 Å². The highest BCUT2D eigenvalue weighted by Gasteiger charge is 2.04. The van der Waals surface area contributed by atoms with Crippen LogP contribution in [0.3, 0.4) is 0 Å². The van der Waals surface area contributed by atoms with Gasteiger partial charge in [0.1, 0.15) is 5.75 Å². The average Bonchev–Trinajstić information content (AvgIpc) is 3.12. The van der Waals surface area contributed by atoms with Crippen molar-refractivity contribution in [3.63, 3.8) is 0 Å². The summed E-state index contributed by atoms with van der Waals surface area (Å²) in [4.78, 5) is 15.9. The molecular weight excluding hydrogens is 316 g/mol. The normalized spacial score (nSPS) is 10.8. The highest BCUT2D eigenvalue weighted by Crippen LogP contribution is 2.17. The van der Waals surface area contributed by atoms with E-state index in [0.717, 1.165) is 17.1 Å². The van der Waals surface area contributed by atoms with Gasteiger partial charge in [-0.05, 0) is 55.5 Å². The van der Waals surface area contributed by atoms with E-state index in [9.17, 15) is 4.79 Å². The summed E-state index contributed by atoms with van der Waals surface area (Å²) in [5, 5.41) is 4.03. The maximum Gasteiger partial charge on any atom is 0.272 e. The summed E-state index contributed by atoms with van der Waals surface area (Å²) in [5.74, 6) is 0.529. The summed E-state index contributed by atoms with van der Waals surface area (Å²) in [7, 11) is 0. The first-order valence-corrected chi connectivity index (χ1v) is 7.92. The summed E-state index contributed by atoms with van der Waals surface area (Å²) in [5.41, 5.74) is 4.78. The van der Waals surface area contributed by atoms with Crippen LogP contribution in [-0.4, -0.2) is 28.3 Å². The smallest absolute Gasteiger partial charge is 0.272 e. The van der Waals surface area contributed by atoms with Gasteiger partial charge in [-0.3, -0.25) is 9.78 Å². The third kappa shape index (κ3) is 4.11. The molecule has 1 aromatic carbocycles. The summed E-state index contributed by atoms with van der Waals surface area (Å²) in [6, 6.07) is 15.0. The topological polar surface area (TPSA) is 68.5 Å². The lowest BCUT2D eigenvalue weighted by Crippen LogP contribution is -2.17. The van der Waals surface area contributed by atoms with Crippen molar-refractivity contribution in [2.45, 2.75) is 6.92 Å². The number of hydrogen-bond donors (Lipinski definition) is 1. The highest BCUT2D eigenvalue weighted by molar-refractivity contribution is 5.94. The van der Waals surface area contributed by atoms with E-state index in [1.807, 2.05) is 54.1 Å². The fourth-order valence-electron chi connectivity index (χ4n) is 2.32. The molecule has 2 heterocycles. The predicted molar refractivity (Wildman–Crippen MR) is 96.2 cm³/mol. The zero-order valence-electron chi connectivity index (χ0n) is 13.8. The molecule has 0 atom stereocenters. The number of nitrogens with one attached hydrogen (secondary N) is 1. The van der Waals surface area contributed by atoms with Crippen molar-refractivity contribution in [2.24, 2.45) is 5.10 Å². The Kier molecular flexibility index (Phi) is 5.21. The Morgan fingerprint density at radius 2 is 2.08 bits per heavy atom. The first-order valence-electron chi connectivity index (χ1n) is 7.92. The molecule has 0 saturated carbocycles. The fraction of sp³-hybridized carbons (Fsp3) is 0.105. The number of aromatic nitrogens is 2. The van der Waals surface area contributed by atoms with Gasteiger partial charge in [-0.25, -0.2) is 5.43 Å². The molecule has 0 bridgehead atoms. The monoisotopic (exact) mass is 334 g/mol. The molecule has 0 saturated heterocycles. The Morgan fingerprint density at radius 3 is 2.80 bits per heavy atom. The molecule has 6 nitrogen and oxygen atoms in total. The quantitative estimate of drug-likeness (QED) is 0.556. The van der Waals surface area contributed by atoms with Crippen LogP contribution < -0.4 is 10.2 Å². The van der Waals surface area contributed by atoms with E-state index >= 15 is 0 Å². The lowest BCUT2D eigenvalue weighted by Gasteiger charge is -2.08. The van der Waals surface area contributed by atoms with Crippen LogP contribution in [-0.2, 0) is 0 Å². The fourth-order valence-corrected chi connectivity index (χ4v) is 2.32. The Balaban J connectivity index is 1.70. The maximum atomic E-state index is 11.9. The molecule has 0 aliphatic carbocycles. The second-order valence-corrected chi connectivity index (χ2v) is 5.17. The van der Waals surface area contributed by atoms with Crippen LogP contribution in [0, 0.1) is 0 Å². The van der Waals surface area contributed by atoms with E-state index in [1.54, 1.807) is 24.5 Å². The number of ether oxygens (including phenoxy) is 1. The van der Waals surface area contributed by atoms with Gasteiger partial charge in [0.25, 0.3) is 5.91 Å². The Hall–Kier alpha value is -3.41. The van der Waals surface area contributed by atoms with Gasteiger partial charge in [-0.2, -0.15) is 5.10 Å². The second kappa shape index (κ2) is 7.92. The Labute approximate surface area is 145 Å². The SMILES string of the molecule is CCOc1ccc(-n2cccc2/C=N\NC(=O)c2cccnc2)cc1. The molecule has 1 amide bonds. The number of carbonyl (C=O) groups is 1. The molecule has 0 fully saturated rings. The minimum Gasteiger partial charge on any atom is -0.494 e. The van der Waals surface area contributed by atoms with Crippen molar-refractivity contribution in [3.05, 3.63) is 78.4 Å². The van der Waals surface area contributed by atoms with Crippen molar-refractivity contribution < 1.29 is 9.53 Å². The van der Waals surface area contributed by atoms with Gasteiger partial charge in [-0.15, -0.1) is 0 Å². The molecule has 1 N–H and O–H groups in total. The molecule has 126 valence electrons. The van der Waals surface area contributed by atoms with Gasteiger partial charge in [-0.1, -0.05) is 0 Å². The standard InChI is InChI=1S/C19H18N4O2/c1-2-25-18-9-7-16(8-10-18)23-12-4-6-17(23)14-21-22-19(24)15-5-3-11-20-13-15/h3-14H,2H2,1H3,(H,22,24)/b21-14-. The van der Waals surface area contributed by atoms with Crippen molar-refractivity contribution in [1.29, 1.82) is 0 Å². The van der Waals surface area contributed by atoms with Crippen LogP contribution in [0.1, 0.15) is 23.0 Å². The third-order valence-electron chi connectivity index (χ3n) is 3.49. The number of nitrogens with zero attached hydrogens (tertiary/aromatic N) is 3. The minimum atomic E-state index is -0.302. The van der Waals surface area contributed by atoms with E-state index in [2.05, 4.69) is 15.5 Å². The van der Waals surface area contributed by atoms with E-state index in [0.29, 0.717) is 12.2 Å². The van der Waals surface area contributed by atoms with Crippen LogP contribution in [0.5, 0.6) is 5.75 Å². The number of hydrogen-bond acceptors (Lipinski definition) is 4. The molecule has 0 aliphatic heterocycles. The maximum absolute atomic E-state index is 11.9. The highest BCUT2D eigenvalue weighted by atomic mass is 16.5. The van der Waals surface area contributed by atoms with E-state index in [4.69, 9.17) is 4.74 Å². The van der Waals surface area contributed by atoms with E-state index in [1.165, 1.54) is 6.20 Å². The van der Waals surface area contributed by atoms with Gasteiger partial charge in [0.2, 0.25) is 0 Å². The summed E-state index contributed by atoms with van der Waals surface area (Å²) >= 11 is 0. The number of rotatable bonds is 6. The summed E-state index contributed by atoms with van der Waals surface area (Å²) < 4.78 is 7.42. The van der Waals surface area contributed by atoms with Gasteiger partial charge in [0, 0.05) is 24.3 Å². The first kappa shape index (κ1) is 16.4. The van der Waals surface area contributed by atoms with Gasteiger partial charge < -0.3 is 9.30 Å². The molecule has 3 aromatic rings. The second-order valence-electron chi connectivity index (χ2n) is 5.17. The van der Waals surface area contributed by atoms with Crippen molar-refractivity contribution in [1.82, 2.24) is 15.0 Å². The Bertz CT molecular complexity index is 855. The Morgan fingerprint density at radius 1 is 1.24 bits per heavy atom. The molecule has 0 unspecified atom stereocenters.